The fourth-order valence-corrected chi connectivity index (χ4v) is 5.09. The van der Waals surface area contributed by atoms with Crippen molar-refractivity contribution >= 4 is 55.7 Å². The van der Waals surface area contributed by atoms with Gasteiger partial charge in [-0.25, -0.2) is 0 Å². The fourth-order valence-electron chi connectivity index (χ4n) is 3.88. The molecule has 6 heteroatoms. The van der Waals surface area contributed by atoms with E-state index < -0.39 is 0 Å². The van der Waals surface area contributed by atoms with E-state index in [1.54, 1.807) is 6.08 Å². The molecule has 0 spiro atoms. The molecule has 2 amide bonds. The first-order valence-corrected chi connectivity index (χ1v) is 12.4. The van der Waals surface area contributed by atoms with E-state index in [1.807, 2.05) is 91.0 Å². The number of carbonyl (C=O) groups excluding carboxylic acids is 2. The van der Waals surface area contributed by atoms with E-state index in [0.29, 0.717) is 17.3 Å². The van der Waals surface area contributed by atoms with Crippen LogP contribution in [0, 0.1) is 0 Å². The molecule has 1 heterocycles. The average molecular weight is 530 g/mol. The summed E-state index contributed by atoms with van der Waals surface area (Å²) < 4.78 is 6.90. The number of imide groups is 1. The van der Waals surface area contributed by atoms with Crippen molar-refractivity contribution in [2.45, 2.75) is 13.2 Å². The van der Waals surface area contributed by atoms with Gasteiger partial charge in [0.05, 0.1) is 11.4 Å². The van der Waals surface area contributed by atoms with E-state index in [1.165, 1.54) is 4.90 Å². The lowest BCUT2D eigenvalue weighted by Gasteiger charge is -2.14. The Morgan fingerprint density at radius 2 is 1.65 bits per heavy atom. The summed E-state index contributed by atoms with van der Waals surface area (Å²) in [4.78, 5) is 27.7. The molecule has 4 aromatic carbocycles. The molecule has 0 atom stereocenters. The van der Waals surface area contributed by atoms with Crippen LogP contribution in [0.3, 0.4) is 0 Å². The van der Waals surface area contributed by atoms with Crippen molar-refractivity contribution in [3.05, 3.63) is 117 Å². The molecular weight excluding hydrogens is 510 g/mol. The zero-order chi connectivity index (χ0) is 23.5. The predicted octanol–water partition coefficient (Wildman–Crippen LogP) is 7.42. The maximum Gasteiger partial charge on any atom is 0.293 e. The van der Waals surface area contributed by atoms with E-state index in [2.05, 4.69) is 15.9 Å². The van der Waals surface area contributed by atoms with Crippen LogP contribution in [0.25, 0.3) is 16.8 Å². The van der Waals surface area contributed by atoms with Gasteiger partial charge in [-0.15, -0.1) is 0 Å². The molecule has 0 aliphatic carbocycles. The summed E-state index contributed by atoms with van der Waals surface area (Å²) in [7, 11) is 0. The minimum atomic E-state index is -0.295. The van der Waals surface area contributed by atoms with Crippen LogP contribution in [0.15, 0.2) is 100 Å². The Labute approximate surface area is 210 Å². The largest absolute Gasteiger partial charge is 0.488 e. The third kappa shape index (κ3) is 4.79. The van der Waals surface area contributed by atoms with E-state index in [9.17, 15) is 9.59 Å². The van der Waals surface area contributed by atoms with Crippen molar-refractivity contribution in [1.29, 1.82) is 0 Å². The van der Waals surface area contributed by atoms with Crippen molar-refractivity contribution in [3.8, 4) is 5.75 Å². The molecule has 34 heavy (non-hydrogen) atoms. The van der Waals surface area contributed by atoms with Crippen LogP contribution in [0.4, 0.5) is 4.79 Å². The predicted molar refractivity (Wildman–Crippen MR) is 140 cm³/mol. The molecule has 0 unspecified atom stereocenters. The minimum Gasteiger partial charge on any atom is -0.488 e. The summed E-state index contributed by atoms with van der Waals surface area (Å²) >= 11 is 4.45. The third-order valence-electron chi connectivity index (χ3n) is 5.58. The monoisotopic (exact) mass is 529 g/mol. The van der Waals surface area contributed by atoms with Crippen molar-refractivity contribution in [1.82, 2.24) is 4.90 Å². The summed E-state index contributed by atoms with van der Waals surface area (Å²) in [6.07, 6.45) is 1.74. The summed E-state index contributed by atoms with van der Waals surface area (Å²) in [5.74, 6) is 0.352. The van der Waals surface area contributed by atoms with E-state index in [0.717, 1.165) is 43.7 Å². The van der Waals surface area contributed by atoms with Crippen LogP contribution in [-0.4, -0.2) is 16.0 Å². The first-order valence-electron chi connectivity index (χ1n) is 10.8. The van der Waals surface area contributed by atoms with Crippen LogP contribution < -0.4 is 4.74 Å². The minimum absolute atomic E-state index is 0.235. The molecule has 1 aliphatic rings. The van der Waals surface area contributed by atoms with Crippen molar-refractivity contribution in [2.24, 2.45) is 0 Å². The number of ether oxygens (including phenoxy) is 1. The van der Waals surface area contributed by atoms with Gasteiger partial charge < -0.3 is 4.74 Å². The van der Waals surface area contributed by atoms with E-state index >= 15 is 0 Å². The summed E-state index contributed by atoms with van der Waals surface area (Å²) in [5.41, 5.74) is 2.73. The third-order valence-corrected chi connectivity index (χ3v) is 6.98. The number of hydrogen-bond acceptors (Lipinski definition) is 4. The second-order valence-electron chi connectivity index (χ2n) is 7.86. The second-order valence-corrected chi connectivity index (χ2v) is 9.77. The standard InChI is InChI=1S/C28H20BrNO3S/c29-23-13-14-25(33-18-19-7-2-1-3-8-19)22(15-23)16-26-27(31)30(28(32)34-26)17-21-11-6-10-20-9-4-5-12-24(20)21/h1-16H,17-18H2/b26-16-. The first-order chi connectivity index (χ1) is 16.6. The molecule has 5 rings (SSSR count). The van der Waals surface area contributed by atoms with Gasteiger partial charge in [0.25, 0.3) is 11.1 Å². The van der Waals surface area contributed by atoms with Gasteiger partial charge in [-0.3, -0.25) is 14.5 Å². The average Bonchev–Trinajstić information content (AvgIpc) is 3.12. The number of amides is 2. The first kappa shape index (κ1) is 22.4. The topological polar surface area (TPSA) is 46.6 Å². The molecule has 4 aromatic rings. The normalized spacial score (nSPS) is 14.9. The molecule has 0 aromatic heterocycles. The van der Waals surface area contributed by atoms with Gasteiger partial charge in [0.15, 0.2) is 0 Å². The lowest BCUT2D eigenvalue weighted by atomic mass is 10.0. The highest BCUT2D eigenvalue weighted by atomic mass is 79.9. The highest BCUT2D eigenvalue weighted by Crippen LogP contribution is 2.36. The summed E-state index contributed by atoms with van der Waals surface area (Å²) in [6, 6.07) is 29.4. The highest BCUT2D eigenvalue weighted by molar-refractivity contribution is 9.10. The SMILES string of the molecule is O=C1S/C(=C\c2cc(Br)ccc2OCc2ccccc2)C(=O)N1Cc1cccc2ccccc12. The number of benzene rings is 4. The fraction of sp³-hybridized carbons (Fsp3) is 0.0714. The number of hydrogen-bond donors (Lipinski definition) is 0. The van der Waals surface area contributed by atoms with Gasteiger partial charge in [-0.2, -0.15) is 0 Å². The maximum absolute atomic E-state index is 13.2. The summed E-state index contributed by atoms with van der Waals surface area (Å²) in [5, 5.41) is 1.85. The quantitative estimate of drug-likeness (QED) is 0.244. The number of thioether (sulfide) groups is 1. The smallest absolute Gasteiger partial charge is 0.293 e. The van der Waals surface area contributed by atoms with Crippen LogP contribution in [-0.2, 0) is 17.9 Å². The number of nitrogens with zero attached hydrogens (tertiary/aromatic N) is 1. The van der Waals surface area contributed by atoms with Gasteiger partial charge in [0, 0.05) is 10.0 Å². The molecule has 0 radical (unpaired) electrons. The van der Waals surface area contributed by atoms with Crippen LogP contribution >= 0.6 is 27.7 Å². The van der Waals surface area contributed by atoms with Crippen molar-refractivity contribution < 1.29 is 14.3 Å². The van der Waals surface area contributed by atoms with Crippen LogP contribution in [0.5, 0.6) is 5.75 Å². The molecule has 1 saturated heterocycles. The Kier molecular flexibility index (Phi) is 6.52. The summed E-state index contributed by atoms with van der Waals surface area (Å²) in [6.45, 7) is 0.644. The highest BCUT2D eigenvalue weighted by Gasteiger charge is 2.35. The van der Waals surface area contributed by atoms with Gasteiger partial charge in [-0.05, 0) is 57.9 Å². The van der Waals surface area contributed by atoms with Gasteiger partial charge in [0.2, 0.25) is 0 Å². The van der Waals surface area contributed by atoms with Gasteiger partial charge >= 0.3 is 0 Å². The molecule has 0 bridgehead atoms. The van der Waals surface area contributed by atoms with Crippen molar-refractivity contribution in [2.75, 3.05) is 0 Å². The molecule has 4 nitrogen and oxygen atoms in total. The number of rotatable bonds is 6. The Morgan fingerprint density at radius 3 is 2.50 bits per heavy atom. The number of halogens is 1. The lowest BCUT2D eigenvalue weighted by molar-refractivity contribution is -0.123. The Morgan fingerprint density at radius 1 is 0.882 bits per heavy atom. The molecular formula is C28H20BrNO3S. The van der Waals surface area contributed by atoms with Gasteiger partial charge in [-0.1, -0.05) is 88.7 Å². The number of fused-ring (bicyclic) bond motifs is 1. The Balaban J connectivity index is 1.40. The van der Waals surface area contributed by atoms with Crippen LogP contribution in [0.1, 0.15) is 16.7 Å². The van der Waals surface area contributed by atoms with Gasteiger partial charge in [0.1, 0.15) is 12.4 Å². The zero-order valence-electron chi connectivity index (χ0n) is 18.1. The lowest BCUT2D eigenvalue weighted by Crippen LogP contribution is -2.27. The zero-order valence-corrected chi connectivity index (χ0v) is 20.5. The molecule has 1 fully saturated rings. The van der Waals surface area contributed by atoms with E-state index in [4.69, 9.17) is 4.74 Å². The Bertz CT molecular complexity index is 1410. The Hall–Kier alpha value is -3.35. The van der Waals surface area contributed by atoms with Crippen LogP contribution in [0.2, 0.25) is 0 Å². The molecule has 0 N–H and O–H groups in total. The molecule has 1 aliphatic heterocycles. The number of carbonyl (C=O) groups is 2. The maximum atomic E-state index is 13.2. The van der Waals surface area contributed by atoms with Crippen molar-refractivity contribution in [3.63, 3.8) is 0 Å². The molecule has 168 valence electrons. The van der Waals surface area contributed by atoms with E-state index in [-0.39, 0.29) is 17.7 Å². The second kappa shape index (κ2) is 9.87. The molecule has 0 saturated carbocycles.